The van der Waals surface area contributed by atoms with Crippen molar-refractivity contribution in [1.29, 1.82) is 5.41 Å². The Morgan fingerprint density at radius 2 is 2.24 bits per heavy atom. The molecule has 0 saturated carbocycles. The van der Waals surface area contributed by atoms with Crippen molar-refractivity contribution >= 4 is 15.9 Å². The van der Waals surface area contributed by atoms with Crippen LogP contribution in [-0.4, -0.2) is 49.6 Å². The van der Waals surface area contributed by atoms with Crippen LogP contribution >= 0.6 is 0 Å². The van der Waals surface area contributed by atoms with E-state index in [2.05, 4.69) is 0 Å². The van der Waals surface area contributed by atoms with E-state index in [1.807, 2.05) is 13.8 Å². The third kappa shape index (κ3) is 3.93. The second-order valence-electron chi connectivity index (χ2n) is 4.46. The topological polar surface area (TPSA) is 96.5 Å². The van der Waals surface area contributed by atoms with Gasteiger partial charge < -0.3 is 10.5 Å². The van der Waals surface area contributed by atoms with Crippen molar-refractivity contribution in [3.8, 4) is 0 Å². The average Bonchev–Trinajstić information content (AvgIpc) is 2.65. The molecule has 6 nitrogen and oxygen atoms in total. The van der Waals surface area contributed by atoms with Gasteiger partial charge in [-0.25, -0.2) is 8.42 Å². The summed E-state index contributed by atoms with van der Waals surface area (Å²) in [5.41, 5.74) is 5.41. The second-order valence-corrected chi connectivity index (χ2v) is 6.50. The summed E-state index contributed by atoms with van der Waals surface area (Å²) in [7, 11) is -3.36. The lowest BCUT2D eigenvalue weighted by molar-refractivity contribution is 0.0907. The molecule has 1 rings (SSSR count). The number of amidine groups is 1. The van der Waals surface area contributed by atoms with Crippen molar-refractivity contribution in [1.82, 2.24) is 4.31 Å². The van der Waals surface area contributed by atoms with Crippen LogP contribution in [0.15, 0.2) is 0 Å². The molecule has 1 unspecified atom stereocenters. The van der Waals surface area contributed by atoms with Crippen molar-refractivity contribution in [2.24, 2.45) is 5.73 Å². The Kier molecular flexibility index (Phi) is 4.91. The highest BCUT2D eigenvalue weighted by atomic mass is 32.2. The summed E-state index contributed by atoms with van der Waals surface area (Å²) in [6.45, 7) is 4.36. The van der Waals surface area contributed by atoms with Gasteiger partial charge in [-0.15, -0.1) is 0 Å². The minimum Gasteiger partial charge on any atom is -0.386 e. The van der Waals surface area contributed by atoms with Crippen LogP contribution in [0.3, 0.4) is 0 Å². The summed E-state index contributed by atoms with van der Waals surface area (Å²) < 4.78 is 30.6. The molecule has 1 heterocycles. The first-order valence-electron chi connectivity index (χ1n) is 5.79. The monoisotopic (exact) mass is 263 g/mol. The number of nitrogens with zero attached hydrogens (tertiary/aromatic N) is 1. The van der Waals surface area contributed by atoms with E-state index in [9.17, 15) is 8.42 Å². The quantitative estimate of drug-likeness (QED) is 0.526. The third-order valence-corrected chi connectivity index (χ3v) is 4.55. The smallest absolute Gasteiger partial charge is 0.217 e. The van der Waals surface area contributed by atoms with Gasteiger partial charge in [-0.2, -0.15) is 4.31 Å². The summed E-state index contributed by atoms with van der Waals surface area (Å²) >= 11 is 0. The van der Waals surface area contributed by atoms with E-state index in [0.717, 1.165) is 6.42 Å². The zero-order valence-electron chi connectivity index (χ0n) is 10.3. The molecule has 1 saturated heterocycles. The Hall–Kier alpha value is -0.660. The SMILES string of the molecule is CC(C)OCCS(=O)(=O)N1CCCC1C(=N)N. The van der Waals surface area contributed by atoms with Gasteiger partial charge in [0.15, 0.2) is 0 Å². The van der Waals surface area contributed by atoms with Gasteiger partial charge in [0.1, 0.15) is 5.84 Å². The Morgan fingerprint density at radius 1 is 1.59 bits per heavy atom. The first kappa shape index (κ1) is 14.4. The van der Waals surface area contributed by atoms with Gasteiger partial charge in [0.25, 0.3) is 0 Å². The van der Waals surface area contributed by atoms with Gasteiger partial charge in [-0.05, 0) is 26.7 Å². The van der Waals surface area contributed by atoms with E-state index in [4.69, 9.17) is 15.9 Å². The molecular weight excluding hydrogens is 242 g/mol. The number of hydrogen-bond donors (Lipinski definition) is 2. The lowest BCUT2D eigenvalue weighted by Gasteiger charge is -2.23. The molecule has 0 aromatic heterocycles. The molecule has 1 fully saturated rings. The maximum atomic E-state index is 12.0. The van der Waals surface area contributed by atoms with Crippen molar-refractivity contribution in [2.75, 3.05) is 18.9 Å². The van der Waals surface area contributed by atoms with E-state index in [1.54, 1.807) is 0 Å². The van der Waals surface area contributed by atoms with Crippen LogP contribution < -0.4 is 5.73 Å². The molecule has 100 valence electrons. The molecule has 7 heteroatoms. The van der Waals surface area contributed by atoms with E-state index >= 15 is 0 Å². The van der Waals surface area contributed by atoms with Crippen LogP contribution in [0.5, 0.6) is 0 Å². The molecule has 0 aliphatic carbocycles. The van der Waals surface area contributed by atoms with Gasteiger partial charge in [0.2, 0.25) is 10.0 Å². The van der Waals surface area contributed by atoms with E-state index < -0.39 is 16.1 Å². The second kappa shape index (κ2) is 5.79. The molecule has 1 atom stereocenters. The molecule has 0 amide bonds. The summed E-state index contributed by atoms with van der Waals surface area (Å²) in [6, 6.07) is -0.459. The summed E-state index contributed by atoms with van der Waals surface area (Å²) in [5.74, 6) is -0.120. The minimum atomic E-state index is -3.36. The average molecular weight is 263 g/mol. The van der Waals surface area contributed by atoms with Gasteiger partial charge >= 0.3 is 0 Å². The molecule has 0 bridgehead atoms. The fraction of sp³-hybridized carbons (Fsp3) is 0.900. The molecule has 0 spiro atoms. The zero-order valence-corrected chi connectivity index (χ0v) is 11.2. The predicted molar refractivity (Wildman–Crippen MR) is 66.5 cm³/mol. The molecule has 1 aliphatic heterocycles. The highest BCUT2D eigenvalue weighted by molar-refractivity contribution is 7.89. The van der Waals surface area contributed by atoms with Crippen LogP contribution in [0.4, 0.5) is 0 Å². The van der Waals surface area contributed by atoms with E-state index in [-0.39, 0.29) is 24.3 Å². The number of ether oxygens (including phenoxy) is 1. The molecule has 3 N–H and O–H groups in total. The Morgan fingerprint density at radius 3 is 2.76 bits per heavy atom. The first-order chi connectivity index (χ1) is 7.84. The Balaban J connectivity index is 2.60. The fourth-order valence-corrected chi connectivity index (χ4v) is 3.45. The Bertz CT molecular complexity index is 367. The van der Waals surface area contributed by atoms with Crippen LogP contribution in [-0.2, 0) is 14.8 Å². The van der Waals surface area contributed by atoms with Crippen molar-refractivity contribution < 1.29 is 13.2 Å². The predicted octanol–water partition coefficient (Wildman–Crippen LogP) is 0.142. The van der Waals surface area contributed by atoms with E-state index in [1.165, 1.54) is 4.31 Å². The number of hydrogen-bond acceptors (Lipinski definition) is 4. The van der Waals surface area contributed by atoms with Crippen molar-refractivity contribution in [3.05, 3.63) is 0 Å². The van der Waals surface area contributed by atoms with Crippen molar-refractivity contribution in [2.45, 2.75) is 38.8 Å². The minimum absolute atomic E-state index is 0.0207. The summed E-state index contributed by atoms with van der Waals surface area (Å²) in [5, 5.41) is 7.39. The van der Waals surface area contributed by atoms with Gasteiger partial charge in [0.05, 0.1) is 24.5 Å². The van der Waals surface area contributed by atoms with Crippen LogP contribution in [0.25, 0.3) is 0 Å². The number of nitrogens with two attached hydrogens (primary N) is 1. The molecule has 17 heavy (non-hydrogen) atoms. The third-order valence-electron chi connectivity index (χ3n) is 2.71. The molecule has 1 aliphatic rings. The number of sulfonamides is 1. The standard InChI is InChI=1S/C10H21N3O3S/c1-8(2)16-6-7-17(14,15)13-5-3-4-9(13)10(11)12/h8-9H,3-7H2,1-2H3,(H3,11,12). The van der Waals surface area contributed by atoms with Crippen molar-refractivity contribution in [3.63, 3.8) is 0 Å². The molecule has 0 radical (unpaired) electrons. The number of nitrogens with one attached hydrogen (secondary N) is 1. The lowest BCUT2D eigenvalue weighted by atomic mass is 10.2. The zero-order chi connectivity index (χ0) is 13.1. The van der Waals surface area contributed by atoms with Gasteiger partial charge in [0, 0.05) is 6.54 Å². The molecular formula is C10H21N3O3S. The highest BCUT2D eigenvalue weighted by Gasteiger charge is 2.35. The number of rotatable bonds is 6. The molecule has 0 aromatic carbocycles. The Labute approximate surface area is 103 Å². The summed E-state index contributed by atoms with van der Waals surface area (Å²) in [6.07, 6.45) is 1.42. The molecule has 0 aromatic rings. The maximum Gasteiger partial charge on any atom is 0.217 e. The van der Waals surface area contributed by atoms with Crippen LogP contribution in [0.1, 0.15) is 26.7 Å². The largest absolute Gasteiger partial charge is 0.386 e. The lowest BCUT2D eigenvalue weighted by Crippen LogP contribution is -2.44. The maximum absolute atomic E-state index is 12.0. The highest BCUT2D eigenvalue weighted by Crippen LogP contribution is 2.21. The summed E-state index contributed by atoms with van der Waals surface area (Å²) in [4.78, 5) is 0. The van der Waals surface area contributed by atoms with Gasteiger partial charge in [-0.1, -0.05) is 0 Å². The van der Waals surface area contributed by atoms with Crippen LogP contribution in [0.2, 0.25) is 0 Å². The fourth-order valence-electron chi connectivity index (χ4n) is 1.89. The first-order valence-corrected chi connectivity index (χ1v) is 7.40. The van der Waals surface area contributed by atoms with Gasteiger partial charge in [-0.3, -0.25) is 5.41 Å². The normalized spacial score (nSPS) is 22.2. The van der Waals surface area contributed by atoms with Crippen LogP contribution in [0, 0.1) is 5.41 Å². The van der Waals surface area contributed by atoms with E-state index in [0.29, 0.717) is 13.0 Å².